The highest BCUT2D eigenvalue weighted by atomic mass is 15.3. The Hall–Kier alpha value is -2.61. The number of rotatable bonds is 13. The minimum atomic E-state index is 1.02. The number of aryl methyl sites for hydroxylation is 4. The lowest BCUT2D eigenvalue weighted by Gasteiger charge is -2.12. The highest BCUT2D eigenvalue weighted by molar-refractivity contribution is 6.16. The lowest BCUT2D eigenvalue weighted by molar-refractivity contribution is -0.347. The first-order valence-corrected chi connectivity index (χ1v) is 14.6. The van der Waals surface area contributed by atoms with Crippen LogP contribution < -0.4 is 0 Å². The smallest absolute Gasteiger partial charge is 0.215 e. The zero-order valence-electron chi connectivity index (χ0n) is 23.8. The quantitative estimate of drug-likeness (QED) is 0.200. The van der Waals surface area contributed by atoms with E-state index in [4.69, 9.17) is 0 Å². The van der Waals surface area contributed by atoms with Gasteiger partial charge >= 0.3 is 0 Å². The summed E-state index contributed by atoms with van der Waals surface area (Å²) in [6.07, 6.45) is 14.6. The molecule has 2 heteroatoms. The normalized spacial score (nSPS) is 15.0. The van der Waals surface area contributed by atoms with Gasteiger partial charge in [0.2, 0.25) is 11.4 Å². The molecule has 0 radical (unpaired) electrons. The summed E-state index contributed by atoms with van der Waals surface area (Å²) in [5.74, 6) is 9.54. The second-order valence-electron chi connectivity index (χ2n) is 10.2. The minimum absolute atomic E-state index is 1.02. The third-order valence-electron chi connectivity index (χ3n) is 7.53. The van der Waals surface area contributed by atoms with Crippen LogP contribution in [0.3, 0.4) is 0 Å². The Morgan fingerprint density at radius 1 is 0.639 bits per heavy atom. The molecule has 0 fully saturated rings. The van der Waals surface area contributed by atoms with Gasteiger partial charge in [-0.15, -0.1) is 0 Å². The van der Waals surface area contributed by atoms with Gasteiger partial charge in [0.15, 0.2) is 0 Å². The Balaban J connectivity index is 2.29. The van der Waals surface area contributed by atoms with Gasteiger partial charge in [-0.25, -0.2) is 4.68 Å². The van der Waals surface area contributed by atoms with Gasteiger partial charge in [0.1, 0.15) is 0 Å². The predicted molar refractivity (Wildman–Crippen MR) is 158 cm³/mol. The monoisotopic (exact) mass is 484 g/mol. The predicted octanol–water partition coefficient (Wildman–Crippen LogP) is 9.83. The van der Waals surface area contributed by atoms with Gasteiger partial charge in [0.25, 0.3) is 0 Å². The summed E-state index contributed by atoms with van der Waals surface area (Å²) in [6, 6.07) is 14.0. The molecule has 3 rings (SSSR count). The van der Waals surface area contributed by atoms with E-state index in [9.17, 15) is 5.84 Å². The third kappa shape index (κ3) is 6.38. The van der Waals surface area contributed by atoms with Crippen molar-refractivity contribution in [2.45, 2.75) is 112 Å². The zero-order valence-corrected chi connectivity index (χ0v) is 23.8. The molecule has 1 aliphatic heterocycles. The Morgan fingerprint density at radius 2 is 1.14 bits per heavy atom. The summed E-state index contributed by atoms with van der Waals surface area (Å²) >= 11 is 0. The van der Waals surface area contributed by atoms with E-state index in [1.165, 1.54) is 63.8 Å². The molecule has 0 spiro atoms. The van der Waals surface area contributed by atoms with Crippen LogP contribution >= 0.6 is 0 Å². The molecule has 1 heterocycles. The largest absolute Gasteiger partial charge is 0.448 e. The molecule has 0 bridgehead atoms. The molecule has 36 heavy (non-hydrogen) atoms. The summed E-state index contributed by atoms with van der Waals surface area (Å²) in [4.78, 5) is 0. The average molecular weight is 485 g/mol. The fourth-order valence-electron chi connectivity index (χ4n) is 5.31. The average Bonchev–Trinajstić information content (AvgIpc) is 3.19. The van der Waals surface area contributed by atoms with Crippen molar-refractivity contribution in [1.29, 1.82) is 0 Å². The standard InChI is InChI=1S/C34H48N2/c1-7-13-15-16-18-32-31(17-14-8-2)33(29-21-25(9-3)19-26(10-4)22-29)36(35)34(32)30-23-27(11-5)20-28(12-6)24-30/h18-24,35H,7-17H2,1-6H3. The molecule has 0 unspecified atom stereocenters. The number of benzene rings is 2. The van der Waals surface area contributed by atoms with E-state index in [1.807, 2.05) is 0 Å². The molecule has 194 valence electrons. The van der Waals surface area contributed by atoms with Crippen molar-refractivity contribution < 1.29 is 4.68 Å². The number of hydrogen-bond donors (Lipinski definition) is 0. The van der Waals surface area contributed by atoms with Crippen molar-refractivity contribution >= 4 is 11.4 Å². The maximum absolute atomic E-state index is 9.54. The molecule has 2 aromatic rings. The van der Waals surface area contributed by atoms with E-state index in [0.717, 1.165) is 62.8 Å². The van der Waals surface area contributed by atoms with Crippen LogP contribution in [0.2, 0.25) is 0 Å². The molecule has 0 atom stereocenters. The summed E-state index contributed by atoms with van der Waals surface area (Å²) in [5, 5.41) is 0. The molecule has 0 saturated carbocycles. The first kappa shape index (κ1) is 28.0. The molecule has 0 amide bonds. The number of nitrogens with zero attached hydrogens (tertiary/aromatic N) is 1. The molecular weight excluding hydrogens is 436 g/mol. The van der Waals surface area contributed by atoms with Crippen LogP contribution in [0.4, 0.5) is 0 Å². The van der Waals surface area contributed by atoms with E-state index >= 15 is 0 Å². The van der Waals surface area contributed by atoms with E-state index in [1.54, 1.807) is 4.68 Å². The molecule has 2 nitrogen and oxygen atoms in total. The van der Waals surface area contributed by atoms with Crippen LogP contribution in [0, 0.1) is 0 Å². The summed E-state index contributed by atoms with van der Waals surface area (Å²) in [7, 11) is 0. The Labute approximate surface area is 221 Å². The maximum Gasteiger partial charge on any atom is 0.215 e. The van der Waals surface area contributed by atoms with Gasteiger partial charge in [0, 0.05) is 16.7 Å². The van der Waals surface area contributed by atoms with E-state index in [0.29, 0.717) is 0 Å². The fraction of sp³-hybridized carbons (Fsp3) is 0.500. The minimum Gasteiger partial charge on any atom is -0.448 e. The van der Waals surface area contributed by atoms with E-state index in [-0.39, 0.29) is 0 Å². The Morgan fingerprint density at radius 3 is 1.61 bits per heavy atom. The molecule has 0 saturated heterocycles. The third-order valence-corrected chi connectivity index (χ3v) is 7.53. The summed E-state index contributed by atoms with van der Waals surface area (Å²) in [5.41, 5.74) is 12.7. The molecule has 2 aromatic carbocycles. The van der Waals surface area contributed by atoms with Crippen molar-refractivity contribution in [3.63, 3.8) is 0 Å². The van der Waals surface area contributed by atoms with Gasteiger partial charge in [-0.2, -0.15) is 0 Å². The van der Waals surface area contributed by atoms with Gasteiger partial charge in [0.05, 0.1) is 5.57 Å². The van der Waals surface area contributed by atoms with Crippen molar-refractivity contribution in [2.24, 2.45) is 0 Å². The maximum atomic E-state index is 9.54. The highest BCUT2D eigenvalue weighted by Crippen LogP contribution is 2.39. The van der Waals surface area contributed by atoms with Crippen LogP contribution in [0.15, 0.2) is 53.6 Å². The molecule has 1 aliphatic rings. The summed E-state index contributed by atoms with van der Waals surface area (Å²) in [6.45, 7) is 13.5. The van der Waals surface area contributed by atoms with Gasteiger partial charge in [-0.1, -0.05) is 79.0 Å². The van der Waals surface area contributed by atoms with Gasteiger partial charge in [-0.3, -0.25) is 0 Å². The second-order valence-corrected chi connectivity index (χ2v) is 10.2. The lowest BCUT2D eigenvalue weighted by atomic mass is 9.89. The Bertz CT molecular complexity index is 1090. The molecule has 0 aliphatic carbocycles. The SMILES string of the molecule is CCCCCC=C1C(CCCC)=C(c2cc(CC)cc(CC)c2)[N+]([NH-])=C1c1cc(CC)cc(CC)c1. The fourth-order valence-corrected chi connectivity index (χ4v) is 5.31. The highest BCUT2D eigenvalue weighted by Gasteiger charge is 2.35. The Kier molecular flexibility index (Phi) is 10.6. The second kappa shape index (κ2) is 13.6. The van der Waals surface area contributed by atoms with Crippen molar-refractivity contribution in [2.75, 3.05) is 0 Å². The van der Waals surface area contributed by atoms with Crippen LogP contribution in [0.1, 0.15) is 120 Å². The molecular formula is C34H48N2. The first-order chi connectivity index (χ1) is 17.5. The zero-order chi connectivity index (χ0) is 26.1. The van der Waals surface area contributed by atoms with Gasteiger partial charge < -0.3 is 5.84 Å². The topological polar surface area (TPSA) is 26.8 Å². The van der Waals surface area contributed by atoms with Crippen molar-refractivity contribution in [3.05, 3.63) is 92.8 Å². The van der Waals surface area contributed by atoms with E-state index in [2.05, 4.69) is 84.0 Å². The van der Waals surface area contributed by atoms with Crippen LogP contribution in [-0.2, 0) is 25.7 Å². The van der Waals surface area contributed by atoms with E-state index < -0.39 is 0 Å². The number of unbranched alkanes of at least 4 members (excludes halogenated alkanes) is 4. The van der Waals surface area contributed by atoms with Crippen LogP contribution in [-0.4, -0.2) is 10.4 Å². The van der Waals surface area contributed by atoms with Crippen LogP contribution in [0.25, 0.3) is 11.5 Å². The first-order valence-electron chi connectivity index (χ1n) is 14.6. The lowest BCUT2D eigenvalue weighted by Crippen LogP contribution is -2.13. The summed E-state index contributed by atoms with van der Waals surface area (Å²) < 4.78 is 1.79. The number of hydrogen-bond acceptors (Lipinski definition) is 0. The van der Waals surface area contributed by atoms with Crippen LogP contribution in [0.5, 0.6) is 0 Å². The van der Waals surface area contributed by atoms with Crippen molar-refractivity contribution in [3.8, 4) is 0 Å². The number of allylic oxidation sites excluding steroid dienone is 3. The molecule has 1 N–H and O–H groups in total. The molecule has 0 aromatic heterocycles. The van der Waals surface area contributed by atoms with Gasteiger partial charge in [-0.05, 0) is 97.9 Å². The number of nitrogens with one attached hydrogen (secondary N) is 1. The van der Waals surface area contributed by atoms with Crippen molar-refractivity contribution in [1.82, 2.24) is 0 Å².